The van der Waals surface area contributed by atoms with E-state index in [1.54, 1.807) is 9.80 Å². The number of alkyl carbamates (subject to hydrolysis) is 2. The Bertz CT molecular complexity index is 1820. The van der Waals surface area contributed by atoms with Gasteiger partial charge in [0, 0.05) is 45.7 Å². The summed E-state index contributed by atoms with van der Waals surface area (Å²) in [4.78, 5) is 66.8. The Morgan fingerprint density at radius 1 is 0.500 bits per heavy atom. The highest BCUT2D eigenvalue weighted by atomic mass is 16.6. The Morgan fingerprint density at radius 2 is 0.879 bits per heavy atom. The number of carboxylic acid groups (broad SMARTS) is 1. The standard InChI is InChI=1S/C44H53N5O9/c50-40(39(47-41(51)52)31-35-17-5-1-6-18-35)48(29-15-25-45-42(53)56-32-36-19-7-2-8-20-36)27-13-14-28-49(44(55)58-34-38-23-11-4-12-24-38)30-16-26-46-43(54)57-33-37-21-9-3-10-22-37/h1-12,17-24,39,47H,13-16,25-34H2,(H,45,53)(H,46,54)(H,51,52). The van der Waals surface area contributed by atoms with Crippen molar-refractivity contribution in [3.05, 3.63) is 144 Å². The molecule has 0 spiro atoms. The first kappa shape index (κ1) is 44.1. The molecule has 14 heteroatoms. The highest BCUT2D eigenvalue weighted by molar-refractivity contribution is 5.85. The van der Waals surface area contributed by atoms with Crippen molar-refractivity contribution in [3.8, 4) is 0 Å². The first-order valence-corrected chi connectivity index (χ1v) is 19.4. The largest absolute Gasteiger partial charge is 0.465 e. The first-order chi connectivity index (χ1) is 28.3. The van der Waals surface area contributed by atoms with Crippen molar-refractivity contribution in [2.75, 3.05) is 39.3 Å². The Kier molecular flexibility index (Phi) is 19.5. The summed E-state index contributed by atoms with van der Waals surface area (Å²) in [5.41, 5.74) is 3.35. The molecule has 0 bridgehead atoms. The Labute approximate surface area is 339 Å². The molecule has 0 aliphatic carbocycles. The van der Waals surface area contributed by atoms with Crippen molar-refractivity contribution in [3.63, 3.8) is 0 Å². The highest BCUT2D eigenvalue weighted by Crippen LogP contribution is 2.11. The highest BCUT2D eigenvalue weighted by Gasteiger charge is 2.26. The van der Waals surface area contributed by atoms with Crippen molar-refractivity contribution in [1.82, 2.24) is 25.8 Å². The zero-order valence-electron chi connectivity index (χ0n) is 32.6. The maximum Gasteiger partial charge on any atom is 0.410 e. The van der Waals surface area contributed by atoms with E-state index in [0.29, 0.717) is 38.8 Å². The number of rotatable bonds is 23. The molecule has 0 radical (unpaired) electrons. The summed E-state index contributed by atoms with van der Waals surface area (Å²) in [6.07, 6.45) is -1.02. The number of amides is 5. The van der Waals surface area contributed by atoms with Crippen LogP contribution in [0.25, 0.3) is 0 Å². The van der Waals surface area contributed by atoms with Crippen LogP contribution in [0.1, 0.15) is 47.9 Å². The number of hydrogen-bond acceptors (Lipinski definition) is 8. The lowest BCUT2D eigenvalue weighted by Gasteiger charge is -2.28. The fourth-order valence-electron chi connectivity index (χ4n) is 5.93. The van der Waals surface area contributed by atoms with Crippen molar-refractivity contribution in [2.24, 2.45) is 0 Å². The molecule has 0 fully saturated rings. The third-order valence-corrected chi connectivity index (χ3v) is 8.93. The minimum Gasteiger partial charge on any atom is -0.465 e. The van der Waals surface area contributed by atoms with E-state index in [1.807, 2.05) is 121 Å². The first-order valence-electron chi connectivity index (χ1n) is 19.4. The molecular formula is C44H53N5O9. The fraction of sp³-hybridized carbons (Fsp3) is 0.341. The lowest BCUT2D eigenvalue weighted by atomic mass is 10.0. The van der Waals surface area contributed by atoms with Crippen LogP contribution in [0, 0.1) is 0 Å². The van der Waals surface area contributed by atoms with Crippen LogP contribution < -0.4 is 16.0 Å². The number of hydrogen-bond donors (Lipinski definition) is 4. The van der Waals surface area contributed by atoms with E-state index in [0.717, 1.165) is 22.3 Å². The summed E-state index contributed by atoms with van der Waals surface area (Å²) in [7, 11) is 0. The van der Waals surface area contributed by atoms with Crippen LogP contribution in [0.2, 0.25) is 0 Å². The van der Waals surface area contributed by atoms with Gasteiger partial charge < -0.3 is 45.1 Å². The van der Waals surface area contributed by atoms with Gasteiger partial charge in [-0.15, -0.1) is 0 Å². The van der Waals surface area contributed by atoms with Gasteiger partial charge in [-0.3, -0.25) is 4.79 Å². The maximum absolute atomic E-state index is 13.9. The zero-order valence-corrected chi connectivity index (χ0v) is 32.6. The van der Waals surface area contributed by atoms with E-state index in [-0.39, 0.29) is 52.4 Å². The Morgan fingerprint density at radius 3 is 1.33 bits per heavy atom. The smallest absolute Gasteiger partial charge is 0.410 e. The topological polar surface area (TPSA) is 176 Å². The molecule has 1 atom stereocenters. The van der Waals surface area contributed by atoms with Gasteiger partial charge in [-0.2, -0.15) is 0 Å². The van der Waals surface area contributed by atoms with Crippen molar-refractivity contribution >= 4 is 30.3 Å². The predicted molar refractivity (Wildman–Crippen MR) is 218 cm³/mol. The predicted octanol–water partition coefficient (Wildman–Crippen LogP) is 6.75. The zero-order chi connectivity index (χ0) is 41.2. The molecule has 0 saturated carbocycles. The number of unbranched alkanes of at least 4 members (excludes halogenated alkanes) is 1. The SMILES string of the molecule is O=C(O)NC(Cc1ccccc1)C(=O)N(CCCCN(CCCNC(=O)OCc1ccccc1)C(=O)OCc1ccccc1)CCCNC(=O)OCc1ccccc1. The second-order valence-corrected chi connectivity index (χ2v) is 13.4. The van der Waals surface area contributed by atoms with Gasteiger partial charge in [-0.1, -0.05) is 121 Å². The molecule has 308 valence electrons. The molecule has 0 heterocycles. The summed E-state index contributed by atoms with van der Waals surface area (Å²) in [5, 5.41) is 17.4. The van der Waals surface area contributed by atoms with Gasteiger partial charge in [0.2, 0.25) is 5.91 Å². The van der Waals surface area contributed by atoms with Gasteiger partial charge in [0.15, 0.2) is 0 Å². The lowest BCUT2D eigenvalue weighted by Crippen LogP contribution is -2.50. The number of benzene rings is 4. The second kappa shape index (κ2) is 25.6. The van der Waals surface area contributed by atoms with Crippen LogP contribution in [0.15, 0.2) is 121 Å². The minimum absolute atomic E-state index is 0.0930. The number of nitrogens with zero attached hydrogens (tertiary/aromatic N) is 2. The van der Waals surface area contributed by atoms with Crippen molar-refractivity contribution < 1.29 is 43.3 Å². The maximum atomic E-state index is 13.9. The van der Waals surface area contributed by atoms with E-state index in [4.69, 9.17) is 14.2 Å². The summed E-state index contributed by atoms with van der Waals surface area (Å²) in [5.74, 6) is -0.401. The van der Waals surface area contributed by atoms with Crippen LogP contribution in [0.4, 0.5) is 19.2 Å². The Balaban J connectivity index is 1.33. The molecule has 4 N–H and O–H groups in total. The molecule has 5 amide bonds. The van der Waals surface area contributed by atoms with E-state index < -0.39 is 36.3 Å². The molecular weight excluding hydrogens is 743 g/mol. The normalized spacial score (nSPS) is 11.0. The van der Waals surface area contributed by atoms with Gasteiger partial charge in [0.1, 0.15) is 25.9 Å². The number of carbonyl (C=O) groups excluding carboxylic acids is 4. The van der Waals surface area contributed by atoms with Crippen LogP contribution in [-0.2, 0) is 45.2 Å². The molecule has 0 aliphatic heterocycles. The molecule has 1 unspecified atom stereocenters. The van der Waals surface area contributed by atoms with E-state index in [9.17, 15) is 29.1 Å². The third kappa shape index (κ3) is 17.5. The molecule has 0 aromatic heterocycles. The Hall–Kier alpha value is -6.57. The summed E-state index contributed by atoms with van der Waals surface area (Å²) in [6.45, 7) is 1.95. The second-order valence-electron chi connectivity index (χ2n) is 13.4. The van der Waals surface area contributed by atoms with Gasteiger partial charge in [-0.05, 0) is 47.9 Å². The molecule has 4 aromatic rings. The molecule has 4 aromatic carbocycles. The molecule has 0 aliphatic rings. The van der Waals surface area contributed by atoms with Gasteiger partial charge in [-0.25, -0.2) is 19.2 Å². The van der Waals surface area contributed by atoms with Crippen LogP contribution in [0.5, 0.6) is 0 Å². The lowest BCUT2D eigenvalue weighted by molar-refractivity contribution is -0.133. The molecule has 4 rings (SSSR count). The van der Waals surface area contributed by atoms with Crippen molar-refractivity contribution in [1.29, 1.82) is 0 Å². The average molecular weight is 796 g/mol. The monoisotopic (exact) mass is 795 g/mol. The van der Waals surface area contributed by atoms with Gasteiger partial charge >= 0.3 is 24.4 Å². The van der Waals surface area contributed by atoms with Crippen molar-refractivity contribution in [2.45, 2.75) is 58.0 Å². The van der Waals surface area contributed by atoms with Gasteiger partial charge in [0.25, 0.3) is 0 Å². The van der Waals surface area contributed by atoms with Crippen LogP contribution in [0.3, 0.4) is 0 Å². The van der Waals surface area contributed by atoms with E-state index in [2.05, 4.69) is 16.0 Å². The number of ether oxygens (including phenoxy) is 3. The van der Waals surface area contributed by atoms with Crippen LogP contribution >= 0.6 is 0 Å². The minimum atomic E-state index is -1.32. The molecule has 14 nitrogen and oxygen atoms in total. The van der Waals surface area contributed by atoms with Gasteiger partial charge in [0.05, 0.1) is 0 Å². The average Bonchev–Trinajstić information content (AvgIpc) is 3.25. The molecule has 0 saturated heterocycles. The van der Waals surface area contributed by atoms with E-state index >= 15 is 0 Å². The summed E-state index contributed by atoms with van der Waals surface area (Å²) in [6, 6.07) is 36.0. The summed E-state index contributed by atoms with van der Waals surface area (Å²) < 4.78 is 16.2. The molecule has 58 heavy (non-hydrogen) atoms. The quantitative estimate of drug-likeness (QED) is 0.0468. The summed E-state index contributed by atoms with van der Waals surface area (Å²) >= 11 is 0. The number of nitrogens with one attached hydrogen (secondary N) is 3. The third-order valence-electron chi connectivity index (χ3n) is 8.93. The van der Waals surface area contributed by atoms with Crippen LogP contribution in [-0.4, -0.2) is 90.5 Å². The fourth-order valence-corrected chi connectivity index (χ4v) is 5.93. The van der Waals surface area contributed by atoms with E-state index in [1.165, 1.54) is 0 Å². The number of carbonyl (C=O) groups is 5.